The van der Waals surface area contributed by atoms with E-state index in [2.05, 4.69) is 5.32 Å². The second-order valence-corrected chi connectivity index (χ2v) is 9.24. The first-order valence-electron chi connectivity index (χ1n) is 9.31. The van der Waals surface area contributed by atoms with Crippen molar-refractivity contribution in [3.63, 3.8) is 0 Å². The Morgan fingerprint density at radius 3 is 2.31 bits per heavy atom. The summed E-state index contributed by atoms with van der Waals surface area (Å²) < 4.78 is 38.6. The summed E-state index contributed by atoms with van der Waals surface area (Å²) in [5.41, 5.74) is 0.448. The van der Waals surface area contributed by atoms with Crippen molar-refractivity contribution in [1.82, 2.24) is 0 Å². The van der Waals surface area contributed by atoms with Crippen LogP contribution in [-0.4, -0.2) is 35.1 Å². The van der Waals surface area contributed by atoms with Crippen molar-refractivity contribution in [1.29, 1.82) is 0 Å². The Balaban J connectivity index is 2.04. The number of benzene rings is 3. The molecule has 0 aliphatic carbocycles. The van der Waals surface area contributed by atoms with E-state index in [-0.39, 0.29) is 21.4 Å². The summed E-state index contributed by atoms with van der Waals surface area (Å²) in [5.74, 6) is 0.0384. The van der Waals surface area contributed by atoms with Gasteiger partial charge in [-0.3, -0.25) is 9.10 Å². The summed E-state index contributed by atoms with van der Waals surface area (Å²) in [5, 5.41) is 3.25. The number of nitrogens with one attached hydrogen (secondary N) is 1. The summed E-state index contributed by atoms with van der Waals surface area (Å²) in [4.78, 5) is 12.9. The van der Waals surface area contributed by atoms with E-state index in [1.807, 2.05) is 0 Å². The maximum absolute atomic E-state index is 13.5. The summed E-state index contributed by atoms with van der Waals surface area (Å²) >= 11 is 12.0. The Hall–Kier alpha value is -2.94. The number of hydrogen-bond acceptors (Lipinski definition) is 5. The summed E-state index contributed by atoms with van der Waals surface area (Å²) in [7, 11) is -1.27. The van der Waals surface area contributed by atoms with Crippen LogP contribution < -0.4 is 19.1 Å². The number of anilines is 2. The lowest BCUT2D eigenvalue weighted by Gasteiger charge is -2.26. The number of ether oxygens (including phenoxy) is 2. The van der Waals surface area contributed by atoms with E-state index in [4.69, 9.17) is 32.7 Å². The van der Waals surface area contributed by atoms with Crippen LogP contribution in [0.25, 0.3) is 0 Å². The third-order valence-electron chi connectivity index (χ3n) is 4.48. The minimum atomic E-state index is -4.13. The molecule has 0 unspecified atom stereocenters. The standard InChI is InChI=1S/C22H20Cl2N2O5S/c1-30-16-9-11-21(31-2)20(13-16)26(32(28,29)17-6-4-3-5-7-17)14-22(27)25-19-10-8-15(23)12-18(19)24/h3-13H,14H2,1-2H3,(H,25,27). The molecule has 0 heterocycles. The van der Waals surface area contributed by atoms with Crippen LogP contribution in [0.2, 0.25) is 10.0 Å². The van der Waals surface area contributed by atoms with E-state index < -0.39 is 22.5 Å². The molecular weight excluding hydrogens is 475 g/mol. The molecule has 1 N–H and O–H groups in total. The number of hydrogen-bond donors (Lipinski definition) is 1. The van der Waals surface area contributed by atoms with Gasteiger partial charge in [-0.05, 0) is 42.5 Å². The van der Waals surface area contributed by atoms with Gasteiger partial charge in [-0.1, -0.05) is 41.4 Å². The Bertz CT molecular complexity index is 1220. The zero-order valence-corrected chi connectivity index (χ0v) is 19.5. The second-order valence-electron chi connectivity index (χ2n) is 6.53. The number of sulfonamides is 1. The van der Waals surface area contributed by atoms with Crippen LogP contribution >= 0.6 is 23.2 Å². The molecule has 168 valence electrons. The van der Waals surface area contributed by atoms with Crippen molar-refractivity contribution in [2.24, 2.45) is 0 Å². The highest BCUT2D eigenvalue weighted by molar-refractivity contribution is 7.92. The smallest absolute Gasteiger partial charge is 0.264 e. The van der Waals surface area contributed by atoms with Crippen LogP contribution in [0.3, 0.4) is 0 Å². The number of methoxy groups -OCH3 is 2. The lowest BCUT2D eigenvalue weighted by atomic mass is 10.2. The molecule has 0 aliphatic heterocycles. The lowest BCUT2D eigenvalue weighted by molar-refractivity contribution is -0.114. The van der Waals surface area contributed by atoms with Crippen LogP contribution in [0.15, 0.2) is 71.6 Å². The molecule has 7 nitrogen and oxygen atoms in total. The largest absolute Gasteiger partial charge is 0.497 e. The third kappa shape index (κ3) is 5.27. The predicted molar refractivity (Wildman–Crippen MR) is 126 cm³/mol. The van der Waals surface area contributed by atoms with Crippen molar-refractivity contribution in [3.8, 4) is 11.5 Å². The molecule has 10 heteroatoms. The van der Waals surface area contributed by atoms with Gasteiger partial charge in [0.15, 0.2) is 0 Å². The zero-order chi connectivity index (χ0) is 23.3. The van der Waals surface area contributed by atoms with E-state index in [0.29, 0.717) is 16.5 Å². The minimum Gasteiger partial charge on any atom is -0.497 e. The molecule has 0 radical (unpaired) electrons. The van der Waals surface area contributed by atoms with E-state index in [1.54, 1.807) is 36.4 Å². The molecule has 3 aromatic carbocycles. The van der Waals surface area contributed by atoms with E-state index in [1.165, 1.54) is 44.6 Å². The van der Waals surface area contributed by atoms with E-state index >= 15 is 0 Å². The second kappa shape index (κ2) is 10.1. The Labute approximate surface area is 196 Å². The quantitative estimate of drug-likeness (QED) is 0.483. The number of amides is 1. The molecule has 3 rings (SSSR count). The maximum Gasteiger partial charge on any atom is 0.264 e. The molecule has 0 fully saturated rings. The molecule has 0 saturated heterocycles. The van der Waals surface area contributed by atoms with Crippen LogP contribution in [0.1, 0.15) is 0 Å². The van der Waals surface area contributed by atoms with Crippen molar-refractivity contribution in [2.45, 2.75) is 4.90 Å². The van der Waals surface area contributed by atoms with Crippen LogP contribution in [0.4, 0.5) is 11.4 Å². The topological polar surface area (TPSA) is 84.9 Å². The van der Waals surface area contributed by atoms with Crippen LogP contribution in [0.5, 0.6) is 11.5 Å². The molecule has 32 heavy (non-hydrogen) atoms. The average Bonchev–Trinajstić information content (AvgIpc) is 2.79. The highest BCUT2D eigenvalue weighted by Gasteiger charge is 2.30. The molecule has 0 spiro atoms. The Morgan fingerprint density at radius 2 is 1.69 bits per heavy atom. The summed E-state index contributed by atoms with van der Waals surface area (Å²) in [6.45, 7) is -0.542. The number of rotatable bonds is 8. The van der Waals surface area contributed by atoms with Gasteiger partial charge < -0.3 is 14.8 Å². The fourth-order valence-electron chi connectivity index (χ4n) is 2.92. The lowest BCUT2D eigenvalue weighted by Crippen LogP contribution is -2.38. The summed E-state index contributed by atoms with van der Waals surface area (Å²) in [6.07, 6.45) is 0. The highest BCUT2D eigenvalue weighted by atomic mass is 35.5. The molecule has 0 aromatic heterocycles. The van der Waals surface area contributed by atoms with Crippen molar-refractivity contribution >= 4 is 50.5 Å². The predicted octanol–water partition coefficient (Wildman–Crippen LogP) is 4.84. The highest BCUT2D eigenvalue weighted by Crippen LogP contribution is 2.36. The van der Waals surface area contributed by atoms with Crippen molar-refractivity contribution in [2.75, 3.05) is 30.4 Å². The fourth-order valence-corrected chi connectivity index (χ4v) is 4.82. The van der Waals surface area contributed by atoms with Gasteiger partial charge in [-0.2, -0.15) is 0 Å². The van der Waals surface area contributed by atoms with Crippen molar-refractivity contribution in [3.05, 3.63) is 76.8 Å². The zero-order valence-electron chi connectivity index (χ0n) is 17.2. The van der Waals surface area contributed by atoms with Gasteiger partial charge in [-0.15, -0.1) is 0 Å². The van der Waals surface area contributed by atoms with Crippen LogP contribution in [-0.2, 0) is 14.8 Å². The molecule has 0 aliphatic rings. The number of halogens is 2. The number of carbonyl (C=O) groups excluding carboxylic acids is 1. The minimum absolute atomic E-state index is 0.0159. The number of nitrogens with zero attached hydrogens (tertiary/aromatic N) is 1. The SMILES string of the molecule is COc1ccc(OC)c(N(CC(=O)Nc2ccc(Cl)cc2Cl)S(=O)(=O)c2ccccc2)c1. The first kappa shape index (κ1) is 23.7. The van der Waals surface area contributed by atoms with Gasteiger partial charge in [0, 0.05) is 11.1 Å². The summed E-state index contributed by atoms with van der Waals surface area (Å²) in [6, 6.07) is 17.0. The molecule has 0 bridgehead atoms. The third-order valence-corrected chi connectivity index (χ3v) is 6.80. The first-order chi connectivity index (χ1) is 15.3. The fraction of sp³-hybridized carbons (Fsp3) is 0.136. The van der Waals surface area contributed by atoms with Gasteiger partial charge in [0.05, 0.1) is 35.5 Å². The maximum atomic E-state index is 13.5. The monoisotopic (exact) mass is 494 g/mol. The average molecular weight is 495 g/mol. The first-order valence-corrected chi connectivity index (χ1v) is 11.5. The molecule has 0 atom stereocenters. The Kier molecular flexibility index (Phi) is 7.50. The van der Waals surface area contributed by atoms with Gasteiger partial charge in [0.1, 0.15) is 18.0 Å². The van der Waals surface area contributed by atoms with Gasteiger partial charge >= 0.3 is 0 Å². The van der Waals surface area contributed by atoms with Crippen molar-refractivity contribution < 1.29 is 22.7 Å². The molecule has 1 amide bonds. The molecular formula is C22H20Cl2N2O5S. The number of carbonyl (C=O) groups is 1. The van der Waals surface area contributed by atoms with Crippen LogP contribution in [0, 0.1) is 0 Å². The van der Waals surface area contributed by atoms with E-state index in [0.717, 1.165) is 4.31 Å². The van der Waals surface area contributed by atoms with Gasteiger partial charge in [-0.25, -0.2) is 8.42 Å². The molecule has 3 aromatic rings. The van der Waals surface area contributed by atoms with Gasteiger partial charge in [0.2, 0.25) is 5.91 Å². The normalized spacial score (nSPS) is 11.0. The van der Waals surface area contributed by atoms with Gasteiger partial charge in [0.25, 0.3) is 10.0 Å². The van der Waals surface area contributed by atoms with E-state index in [9.17, 15) is 13.2 Å². The molecule has 0 saturated carbocycles. The Morgan fingerprint density at radius 1 is 0.969 bits per heavy atom.